The minimum absolute atomic E-state index is 0.134. The van der Waals surface area contributed by atoms with Crippen molar-refractivity contribution in [2.75, 3.05) is 12.5 Å². The normalized spacial score (nSPS) is 17.5. The molecule has 0 saturated carbocycles. The fourth-order valence-corrected chi connectivity index (χ4v) is 0.484. The SMILES string of the molecule is CC(OCC(O)CCl)C(F)(F)F. The van der Waals surface area contributed by atoms with Crippen LogP contribution in [0.5, 0.6) is 0 Å². The second-order valence-corrected chi connectivity index (χ2v) is 2.63. The second kappa shape index (κ2) is 4.89. The highest BCUT2D eigenvalue weighted by Crippen LogP contribution is 2.22. The number of hydrogen-bond donors (Lipinski definition) is 1. The summed E-state index contributed by atoms with van der Waals surface area (Å²) in [5.74, 6) is -0.134. The summed E-state index contributed by atoms with van der Waals surface area (Å²) in [6.07, 6.45) is -7.29. The Morgan fingerprint density at radius 3 is 2.33 bits per heavy atom. The molecular formula is C6H10ClF3O2. The molecule has 0 radical (unpaired) electrons. The Morgan fingerprint density at radius 2 is 2.00 bits per heavy atom. The first-order valence-corrected chi connectivity index (χ1v) is 3.83. The topological polar surface area (TPSA) is 29.5 Å². The second-order valence-electron chi connectivity index (χ2n) is 2.33. The number of ether oxygens (including phenoxy) is 1. The van der Waals surface area contributed by atoms with Gasteiger partial charge < -0.3 is 9.84 Å². The van der Waals surface area contributed by atoms with Crippen LogP contribution in [0.2, 0.25) is 0 Å². The third kappa shape index (κ3) is 4.79. The minimum Gasteiger partial charge on any atom is -0.389 e. The van der Waals surface area contributed by atoms with Crippen molar-refractivity contribution in [3.63, 3.8) is 0 Å². The maximum atomic E-state index is 11.8. The summed E-state index contributed by atoms with van der Waals surface area (Å²) >= 11 is 5.14. The van der Waals surface area contributed by atoms with Gasteiger partial charge in [0.2, 0.25) is 0 Å². The fraction of sp³-hybridized carbons (Fsp3) is 1.00. The number of aliphatic hydroxyl groups is 1. The molecule has 74 valence electrons. The molecule has 6 heteroatoms. The van der Waals surface area contributed by atoms with Gasteiger partial charge in [-0.15, -0.1) is 11.6 Å². The molecule has 0 aliphatic rings. The highest BCUT2D eigenvalue weighted by Gasteiger charge is 2.37. The number of aliphatic hydroxyl groups excluding tert-OH is 1. The van der Waals surface area contributed by atoms with Gasteiger partial charge in [0.05, 0.1) is 18.6 Å². The largest absolute Gasteiger partial charge is 0.414 e. The van der Waals surface area contributed by atoms with E-state index < -0.39 is 25.0 Å². The molecule has 0 amide bonds. The van der Waals surface area contributed by atoms with Crippen LogP contribution in [0.25, 0.3) is 0 Å². The van der Waals surface area contributed by atoms with Gasteiger partial charge in [0.15, 0.2) is 6.10 Å². The molecule has 1 N–H and O–H groups in total. The molecule has 0 aromatic heterocycles. The predicted molar refractivity (Wildman–Crippen MR) is 38.2 cm³/mol. The van der Waals surface area contributed by atoms with E-state index in [1.165, 1.54) is 0 Å². The summed E-state index contributed by atoms with van der Waals surface area (Å²) in [4.78, 5) is 0. The standard InChI is InChI=1S/C6H10ClF3O2/c1-4(6(8,9)10)12-3-5(11)2-7/h4-5,11H,2-3H2,1H3. The zero-order valence-corrected chi connectivity index (χ0v) is 7.19. The monoisotopic (exact) mass is 206 g/mol. The van der Waals surface area contributed by atoms with Crippen molar-refractivity contribution >= 4 is 11.6 Å². The molecule has 0 fully saturated rings. The number of halogens is 4. The lowest BCUT2D eigenvalue weighted by atomic mass is 10.4. The average Bonchev–Trinajstić information content (AvgIpc) is 1.97. The van der Waals surface area contributed by atoms with Gasteiger partial charge in [-0.2, -0.15) is 13.2 Å². The summed E-state index contributed by atoms with van der Waals surface area (Å²) in [7, 11) is 0. The van der Waals surface area contributed by atoms with Gasteiger partial charge in [0.25, 0.3) is 0 Å². The van der Waals surface area contributed by atoms with Crippen LogP contribution >= 0.6 is 11.6 Å². The van der Waals surface area contributed by atoms with E-state index >= 15 is 0 Å². The van der Waals surface area contributed by atoms with Crippen molar-refractivity contribution in [2.45, 2.75) is 25.3 Å². The van der Waals surface area contributed by atoms with E-state index in [1.54, 1.807) is 0 Å². The van der Waals surface area contributed by atoms with Gasteiger partial charge in [0.1, 0.15) is 0 Å². The van der Waals surface area contributed by atoms with Gasteiger partial charge in [-0.3, -0.25) is 0 Å². The van der Waals surface area contributed by atoms with Gasteiger partial charge >= 0.3 is 6.18 Å². The predicted octanol–water partition coefficient (Wildman–Crippen LogP) is 1.55. The van der Waals surface area contributed by atoms with E-state index in [0.29, 0.717) is 0 Å². The minimum atomic E-state index is -4.38. The first-order valence-electron chi connectivity index (χ1n) is 3.30. The molecule has 0 saturated heterocycles. The maximum absolute atomic E-state index is 11.8. The Bertz CT molecular complexity index is 128. The molecule has 0 aromatic rings. The van der Waals surface area contributed by atoms with Crippen molar-refractivity contribution in [1.82, 2.24) is 0 Å². The maximum Gasteiger partial charge on any atom is 0.414 e. The molecule has 0 rings (SSSR count). The quantitative estimate of drug-likeness (QED) is 0.708. The Hall–Kier alpha value is -0.0000000000000000555. The Kier molecular flexibility index (Phi) is 4.89. The van der Waals surface area contributed by atoms with Crippen LogP contribution in [-0.4, -0.2) is 36.0 Å². The van der Waals surface area contributed by atoms with E-state index in [2.05, 4.69) is 4.74 Å². The number of hydrogen-bond acceptors (Lipinski definition) is 2. The van der Waals surface area contributed by atoms with E-state index in [1.807, 2.05) is 0 Å². The van der Waals surface area contributed by atoms with Crippen LogP contribution in [0.1, 0.15) is 6.92 Å². The number of alkyl halides is 4. The van der Waals surface area contributed by atoms with Crippen molar-refractivity contribution < 1.29 is 23.0 Å². The van der Waals surface area contributed by atoms with Crippen LogP contribution in [0.3, 0.4) is 0 Å². The summed E-state index contributed by atoms with van der Waals surface area (Å²) in [6, 6.07) is 0. The highest BCUT2D eigenvalue weighted by atomic mass is 35.5. The van der Waals surface area contributed by atoms with Crippen molar-refractivity contribution in [2.24, 2.45) is 0 Å². The van der Waals surface area contributed by atoms with E-state index in [9.17, 15) is 13.2 Å². The van der Waals surface area contributed by atoms with Crippen molar-refractivity contribution in [3.05, 3.63) is 0 Å². The fourth-order valence-electron chi connectivity index (χ4n) is 0.394. The molecule has 0 spiro atoms. The Balaban J connectivity index is 3.64. The van der Waals surface area contributed by atoms with E-state index in [-0.39, 0.29) is 5.88 Å². The highest BCUT2D eigenvalue weighted by molar-refractivity contribution is 6.18. The molecule has 2 unspecified atom stereocenters. The third-order valence-corrected chi connectivity index (χ3v) is 1.53. The zero-order valence-electron chi connectivity index (χ0n) is 6.44. The summed E-state index contributed by atoms with van der Waals surface area (Å²) in [5, 5.41) is 8.75. The smallest absolute Gasteiger partial charge is 0.389 e. The third-order valence-electron chi connectivity index (χ3n) is 1.18. The molecule has 0 bridgehead atoms. The van der Waals surface area contributed by atoms with Crippen molar-refractivity contribution in [1.29, 1.82) is 0 Å². The van der Waals surface area contributed by atoms with Gasteiger partial charge in [0, 0.05) is 0 Å². The zero-order chi connectivity index (χ0) is 9.78. The lowest BCUT2D eigenvalue weighted by molar-refractivity contribution is -0.218. The van der Waals surface area contributed by atoms with Gasteiger partial charge in [-0.25, -0.2) is 0 Å². The molecule has 0 aliphatic carbocycles. The molecule has 12 heavy (non-hydrogen) atoms. The van der Waals surface area contributed by atoms with Crippen LogP contribution in [0.4, 0.5) is 13.2 Å². The molecule has 0 aliphatic heterocycles. The molecule has 0 aromatic carbocycles. The van der Waals surface area contributed by atoms with Crippen LogP contribution in [0, 0.1) is 0 Å². The van der Waals surface area contributed by atoms with Gasteiger partial charge in [-0.05, 0) is 6.92 Å². The van der Waals surface area contributed by atoms with Crippen LogP contribution in [-0.2, 0) is 4.74 Å². The summed E-state index contributed by atoms with van der Waals surface area (Å²) < 4.78 is 39.6. The van der Waals surface area contributed by atoms with Crippen LogP contribution in [0.15, 0.2) is 0 Å². The first-order chi connectivity index (χ1) is 5.38. The molecule has 0 heterocycles. The molecule has 2 atom stereocenters. The average molecular weight is 207 g/mol. The summed E-state index contributed by atoms with van der Waals surface area (Å²) in [5.41, 5.74) is 0. The van der Waals surface area contributed by atoms with E-state index in [0.717, 1.165) is 6.92 Å². The summed E-state index contributed by atoms with van der Waals surface area (Å²) in [6.45, 7) is 0.477. The Morgan fingerprint density at radius 1 is 1.50 bits per heavy atom. The molecular weight excluding hydrogens is 197 g/mol. The van der Waals surface area contributed by atoms with Gasteiger partial charge in [-0.1, -0.05) is 0 Å². The first kappa shape index (κ1) is 12.0. The van der Waals surface area contributed by atoms with Crippen molar-refractivity contribution in [3.8, 4) is 0 Å². The van der Waals surface area contributed by atoms with Crippen LogP contribution < -0.4 is 0 Å². The van der Waals surface area contributed by atoms with E-state index in [4.69, 9.17) is 16.7 Å². The number of rotatable bonds is 4. The molecule has 2 nitrogen and oxygen atoms in total. The Labute approximate surface area is 73.3 Å². The lowest BCUT2D eigenvalue weighted by Crippen LogP contribution is -2.31. The lowest BCUT2D eigenvalue weighted by Gasteiger charge is -2.17.